The third-order valence-electron chi connectivity index (χ3n) is 5.45. The van der Waals surface area contributed by atoms with Crippen LogP contribution in [0.1, 0.15) is 41.5 Å². The van der Waals surface area contributed by atoms with Gasteiger partial charge in [0.2, 0.25) is 5.57 Å². The molecule has 4 atom stereocenters. The molecule has 0 aromatic rings. The minimum absolute atomic E-state index is 0.0437. The molecule has 1 aliphatic rings. The normalized spacial score (nSPS) is 30.7. The summed E-state index contributed by atoms with van der Waals surface area (Å²) < 4.78 is 49.7. The van der Waals surface area contributed by atoms with Gasteiger partial charge in [-0.15, -0.1) is 0 Å². The fourth-order valence-corrected chi connectivity index (χ4v) is 5.23. The van der Waals surface area contributed by atoms with Crippen molar-refractivity contribution in [3.8, 4) is 0 Å². The molecule has 0 aliphatic carbocycles. The van der Waals surface area contributed by atoms with Crippen molar-refractivity contribution in [3.63, 3.8) is 0 Å². The Morgan fingerprint density at radius 3 is 2.22 bits per heavy atom. The molecule has 1 rings (SSSR count). The average molecular weight is 424 g/mol. The molecule has 0 spiro atoms. The second kappa shape index (κ2) is 8.78. The molecule has 27 heavy (non-hydrogen) atoms. The van der Waals surface area contributed by atoms with Crippen molar-refractivity contribution in [2.24, 2.45) is 0 Å². The van der Waals surface area contributed by atoms with Crippen LogP contribution in [0.15, 0.2) is 11.6 Å². The van der Waals surface area contributed by atoms with Gasteiger partial charge in [0.1, 0.15) is 25.7 Å². The van der Waals surface area contributed by atoms with E-state index in [2.05, 4.69) is 33.9 Å². The van der Waals surface area contributed by atoms with E-state index >= 15 is 0 Å². The zero-order chi connectivity index (χ0) is 21.3. The van der Waals surface area contributed by atoms with E-state index in [0.717, 1.165) is 6.08 Å². The maximum atomic E-state index is 14.8. The van der Waals surface area contributed by atoms with Crippen LogP contribution in [0.3, 0.4) is 0 Å². The van der Waals surface area contributed by atoms with Gasteiger partial charge in [-0.2, -0.15) is 4.39 Å². The number of rotatable bonds is 8. The Kier molecular flexibility index (Phi) is 8.13. The van der Waals surface area contributed by atoms with Gasteiger partial charge in [-0.25, -0.2) is 0 Å². The van der Waals surface area contributed by atoms with E-state index in [1.165, 1.54) is 0 Å². The second-order valence-corrected chi connectivity index (χ2v) is 15.3. The van der Waals surface area contributed by atoms with Crippen LogP contribution in [0.2, 0.25) is 18.1 Å². The summed E-state index contributed by atoms with van der Waals surface area (Å²) in [5.41, 5.74) is -2.34. The zero-order valence-electron chi connectivity index (χ0n) is 18.0. The number of ether oxygens (including phenoxy) is 1. The monoisotopic (exact) mass is 424 g/mol. The molecule has 158 valence electrons. The molecular weight excluding hydrogens is 389 g/mol. The molecule has 1 unspecified atom stereocenters. The molecule has 1 heterocycles. The van der Waals surface area contributed by atoms with Crippen molar-refractivity contribution in [3.05, 3.63) is 11.6 Å². The lowest BCUT2D eigenvalue weighted by atomic mass is 9.82. The molecule has 1 aliphatic heterocycles. The highest BCUT2D eigenvalue weighted by Gasteiger charge is 2.54. The molecule has 1 fully saturated rings. The smallest absolute Gasteiger partial charge is 0.389 e. The lowest BCUT2D eigenvalue weighted by Gasteiger charge is -2.42. The molecule has 0 aromatic carbocycles. The van der Waals surface area contributed by atoms with Crippen LogP contribution >= 0.6 is 7.60 Å². The summed E-state index contributed by atoms with van der Waals surface area (Å²) in [6.07, 6.45) is -0.629. The summed E-state index contributed by atoms with van der Waals surface area (Å²) in [5, 5.41) is 10.8. The molecule has 0 amide bonds. The van der Waals surface area contributed by atoms with Crippen molar-refractivity contribution in [1.82, 2.24) is 0 Å². The topological polar surface area (TPSA) is 74.2 Å². The van der Waals surface area contributed by atoms with Crippen LogP contribution in [0, 0.1) is 0 Å². The number of hydrogen-bond donors (Lipinski definition) is 1. The quantitative estimate of drug-likeness (QED) is 0.475. The molecule has 0 bridgehead atoms. The van der Waals surface area contributed by atoms with E-state index < -0.39 is 45.3 Å². The minimum Gasteiger partial charge on any atom is -0.408 e. The number of hydrogen-bond acceptors (Lipinski definition) is 6. The van der Waals surface area contributed by atoms with Crippen molar-refractivity contribution in [2.75, 3.05) is 13.2 Å². The lowest BCUT2D eigenvalue weighted by Crippen LogP contribution is -2.54. The van der Waals surface area contributed by atoms with Gasteiger partial charge in [-0.1, -0.05) is 20.8 Å². The largest absolute Gasteiger partial charge is 0.408 e. The summed E-state index contributed by atoms with van der Waals surface area (Å²) in [5.74, 6) is 0. The standard InChI is InChI=1S/C17H35BFO6PSi/c1-9-22-26(21,23-10-2)13(19)11-12-14(17(6,20)15(18)24-12)25-27(7,8)16(3,4)5/h11-12,14-15,20H,9-10,18H2,1-8H3/t12-,14+,15-,17?/m1/s1. The highest BCUT2D eigenvalue weighted by Crippen LogP contribution is 2.57. The van der Waals surface area contributed by atoms with E-state index in [9.17, 15) is 14.1 Å². The van der Waals surface area contributed by atoms with Crippen LogP contribution in [0.4, 0.5) is 4.39 Å². The Hall–Kier alpha value is -0.0182. The fraction of sp³-hybridized carbons (Fsp3) is 0.882. The highest BCUT2D eigenvalue weighted by molar-refractivity contribution is 7.58. The molecule has 10 heteroatoms. The maximum absolute atomic E-state index is 14.8. The highest BCUT2D eigenvalue weighted by atomic mass is 31.2. The van der Waals surface area contributed by atoms with Gasteiger partial charge in [0.05, 0.1) is 19.2 Å². The van der Waals surface area contributed by atoms with Gasteiger partial charge in [0.25, 0.3) is 0 Å². The summed E-state index contributed by atoms with van der Waals surface area (Å²) >= 11 is 0. The predicted molar refractivity (Wildman–Crippen MR) is 110 cm³/mol. The minimum atomic E-state index is -4.05. The van der Waals surface area contributed by atoms with Gasteiger partial charge in [-0.05, 0) is 45.0 Å². The summed E-state index contributed by atoms with van der Waals surface area (Å²) in [7, 11) is -4.62. The van der Waals surface area contributed by atoms with E-state index in [1.54, 1.807) is 28.6 Å². The third kappa shape index (κ3) is 5.53. The number of halogens is 1. The van der Waals surface area contributed by atoms with Gasteiger partial charge >= 0.3 is 7.60 Å². The van der Waals surface area contributed by atoms with Crippen molar-refractivity contribution in [1.29, 1.82) is 0 Å². The van der Waals surface area contributed by atoms with Gasteiger partial charge < -0.3 is 23.3 Å². The molecule has 0 aromatic heterocycles. The second-order valence-electron chi connectivity index (χ2n) is 8.59. The lowest BCUT2D eigenvalue weighted by molar-refractivity contribution is -0.0344. The maximum Gasteiger partial charge on any atom is 0.389 e. The first-order valence-electron chi connectivity index (χ1n) is 9.45. The van der Waals surface area contributed by atoms with Gasteiger partial charge in [0.15, 0.2) is 8.32 Å². The Labute approximate surface area is 164 Å². The Bertz CT molecular complexity index is 582. The summed E-state index contributed by atoms with van der Waals surface area (Å²) in [6, 6.07) is -0.583. The summed E-state index contributed by atoms with van der Waals surface area (Å²) in [6.45, 7) is 15.3. The fourth-order valence-electron chi connectivity index (χ4n) is 2.54. The molecule has 6 nitrogen and oxygen atoms in total. The zero-order valence-corrected chi connectivity index (χ0v) is 19.9. The first-order valence-corrected chi connectivity index (χ1v) is 13.9. The SMILES string of the molecule is B[C@@H]1O[C@H](C=C(F)P(=O)(OCC)OCC)[C@H](O[Si](C)(C)C(C)(C)C)C1(C)O. The van der Waals surface area contributed by atoms with E-state index in [1.807, 2.05) is 0 Å². The Morgan fingerprint density at radius 1 is 1.33 bits per heavy atom. The van der Waals surface area contributed by atoms with Gasteiger partial charge in [0, 0.05) is 0 Å². The Balaban J connectivity index is 3.25. The van der Waals surface area contributed by atoms with Crippen molar-refractivity contribution in [2.45, 2.75) is 83.5 Å². The van der Waals surface area contributed by atoms with Crippen LogP contribution < -0.4 is 0 Å². The van der Waals surface area contributed by atoms with Crippen molar-refractivity contribution < 1.29 is 32.3 Å². The molecule has 0 radical (unpaired) electrons. The predicted octanol–water partition coefficient (Wildman–Crippen LogP) is 3.56. The summed E-state index contributed by atoms with van der Waals surface area (Å²) in [4.78, 5) is 0. The average Bonchev–Trinajstić information content (AvgIpc) is 2.69. The van der Waals surface area contributed by atoms with Crippen molar-refractivity contribution >= 4 is 23.8 Å². The van der Waals surface area contributed by atoms with E-state index in [0.29, 0.717) is 0 Å². The number of aliphatic hydroxyl groups is 1. The first-order chi connectivity index (χ1) is 12.1. The molecule has 1 N–H and O–H groups in total. The van der Waals surface area contributed by atoms with Crippen LogP contribution in [0.5, 0.6) is 0 Å². The first kappa shape index (κ1) is 25.0. The molecule has 0 saturated carbocycles. The van der Waals surface area contributed by atoms with Crippen LogP contribution in [0.25, 0.3) is 0 Å². The van der Waals surface area contributed by atoms with E-state index in [4.69, 9.17) is 18.2 Å². The molecular formula is C17H35BFO6PSi. The van der Waals surface area contributed by atoms with Crippen LogP contribution in [-0.2, 0) is 22.8 Å². The third-order valence-corrected chi connectivity index (χ3v) is 11.8. The van der Waals surface area contributed by atoms with Gasteiger partial charge in [-0.3, -0.25) is 4.57 Å². The Morgan fingerprint density at radius 2 is 1.81 bits per heavy atom. The van der Waals surface area contributed by atoms with E-state index in [-0.39, 0.29) is 18.3 Å². The van der Waals surface area contributed by atoms with Crippen LogP contribution in [-0.4, -0.2) is 58.3 Å². The molecule has 1 saturated heterocycles.